The summed E-state index contributed by atoms with van der Waals surface area (Å²) in [5.41, 5.74) is 2.80. The number of nitrogens with one attached hydrogen (secondary N) is 1. The molecule has 3 rings (SSSR count). The van der Waals surface area contributed by atoms with Gasteiger partial charge >= 0.3 is 0 Å². The van der Waals surface area contributed by atoms with E-state index >= 15 is 0 Å². The quantitative estimate of drug-likeness (QED) is 0.890. The summed E-state index contributed by atoms with van der Waals surface area (Å²) in [6.07, 6.45) is 4.99. The van der Waals surface area contributed by atoms with E-state index < -0.39 is 0 Å². The normalized spacial score (nSPS) is 22.2. The molecule has 0 bridgehead atoms. The maximum atomic E-state index is 12.5. The molecule has 0 spiro atoms. The number of nitrogens with zero attached hydrogens (tertiary/aromatic N) is 2. The molecule has 1 aromatic rings. The molecule has 2 aliphatic rings. The number of rotatable bonds is 5. The molecular weight excluding hydrogens is 318 g/mol. The van der Waals surface area contributed by atoms with Gasteiger partial charge in [-0.3, -0.25) is 9.59 Å². The molecule has 5 nitrogen and oxygen atoms in total. The van der Waals surface area contributed by atoms with Gasteiger partial charge in [0.05, 0.1) is 17.1 Å². The summed E-state index contributed by atoms with van der Waals surface area (Å²) in [4.78, 5) is 30.9. The lowest BCUT2D eigenvalue weighted by Crippen LogP contribution is -2.49. The van der Waals surface area contributed by atoms with Crippen molar-refractivity contribution in [2.24, 2.45) is 5.92 Å². The van der Waals surface area contributed by atoms with Crippen LogP contribution in [0.5, 0.6) is 0 Å². The van der Waals surface area contributed by atoms with Crippen LogP contribution in [0.25, 0.3) is 0 Å². The number of carbonyl (C=O) groups is 2. The molecule has 1 atom stereocenters. The molecule has 22 heavy (non-hydrogen) atoms. The number of amides is 2. The lowest BCUT2D eigenvalue weighted by molar-refractivity contribution is -0.141. The van der Waals surface area contributed by atoms with Gasteiger partial charge in [-0.25, -0.2) is 4.98 Å². The van der Waals surface area contributed by atoms with Gasteiger partial charge in [-0.05, 0) is 12.8 Å². The molecular formula is C15H21N3O2S2. The predicted molar refractivity (Wildman–Crippen MR) is 88.7 cm³/mol. The van der Waals surface area contributed by atoms with Crippen LogP contribution in [0.15, 0.2) is 10.9 Å². The zero-order valence-electron chi connectivity index (χ0n) is 12.5. The summed E-state index contributed by atoms with van der Waals surface area (Å²) in [7, 11) is 0. The third-order valence-corrected chi connectivity index (χ3v) is 5.98. The Morgan fingerprint density at radius 1 is 1.36 bits per heavy atom. The van der Waals surface area contributed by atoms with Crippen LogP contribution in [0.3, 0.4) is 0 Å². The van der Waals surface area contributed by atoms with Crippen molar-refractivity contribution in [3.63, 3.8) is 0 Å². The molecule has 1 saturated heterocycles. The highest BCUT2D eigenvalue weighted by atomic mass is 32.2. The predicted octanol–water partition coefficient (Wildman–Crippen LogP) is 1.89. The van der Waals surface area contributed by atoms with E-state index in [2.05, 4.69) is 10.3 Å². The summed E-state index contributed by atoms with van der Waals surface area (Å²) < 4.78 is 0. The molecule has 7 heteroatoms. The van der Waals surface area contributed by atoms with Gasteiger partial charge in [0.25, 0.3) is 0 Å². The SMILES string of the molecule is O=C(NCCc1cscn1)[C@@H]1CSCN1C(=O)C1CCCC1. The van der Waals surface area contributed by atoms with Crippen molar-refractivity contribution < 1.29 is 9.59 Å². The van der Waals surface area contributed by atoms with Crippen molar-refractivity contribution in [2.45, 2.75) is 38.1 Å². The fraction of sp³-hybridized carbons (Fsp3) is 0.667. The van der Waals surface area contributed by atoms with Crippen molar-refractivity contribution in [3.8, 4) is 0 Å². The van der Waals surface area contributed by atoms with Crippen molar-refractivity contribution in [1.82, 2.24) is 15.2 Å². The van der Waals surface area contributed by atoms with Crippen LogP contribution in [-0.2, 0) is 16.0 Å². The summed E-state index contributed by atoms with van der Waals surface area (Å²) >= 11 is 3.23. The van der Waals surface area contributed by atoms with Gasteiger partial charge in [-0.1, -0.05) is 12.8 Å². The van der Waals surface area contributed by atoms with E-state index in [0.29, 0.717) is 18.2 Å². The Kier molecular flexibility index (Phi) is 5.36. The Bertz CT molecular complexity index is 515. The molecule has 1 aliphatic carbocycles. The Hall–Kier alpha value is -1.08. The molecule has 2 amide bonds. The third-order valence-electron chi connectivity index (χ3n) is 4.34. The van der Waals surface area contributed by atoms with Crippen LogP contribution < -0.4 is 5.32 Å². The molecule has 0 radical (unpaired) electrons. The van der Waals surface area contributed by atoms with Crippen molar-refractivity contribution in [2.75, 3.05) is 18.2 Å². The van der Waals surface area contributed by atoms with Gasteiger partial charge in [0, 0.05) is 30.0 Å². The molecule has 1 N–H and O–H groups in total. The molecule has 0 aromatic carbocycles. The molecule has 120 valence electrons. The van der Waals surface area contributed by atoms with Crippen molar-refractivity contribution >= 4 is 34.9 Å². The first kappa shape index (κ1) is 15.8. The molecule has 2 heterocycles. The molecule has 2 fully saturated rings. The van der Waals surface area contributed by atoms with Crippen LogP contribution in [0.4, 0.5) is 0 Å². The Labute approximate surface area is 138 Å². The largest absolute Gasteiger partial charge is 0.354 e. The topological polar surface area (TPSA) is 62.3 Å². The first-order valence-electron chi connectivity index (χ1n) is 7.78. The molecule has 1 aromatic heterocycles. The van der Waals surface area contributed by atoms with E-state index in [1.165, 1.54) is 0 Å². The van der Waals surface area contributed by atoms with E-state index in [4.69, 9.17) is 0 Å². The van der Waals surface area contributed by atoms with Crippen LogP contribution >= 0.6 is 23.1 Å². The fourth-order valence-corrected chi connectivity index (χ4v) is 4.83. The van der Waals surface area contributed by atoms with Crippen LogP contribution in [0.1, 0.15) is 31.4 Å². The van der Waals surface area contributed by atoms with E-state index in [1.54, 1.807) is 33.5 Å². The van der Waals surface area contributed by atoms with Gasteiger partial charge in [-0.2, -0.15) is 0 Å². The van der Waals surface area contributed by atoms with E-state index in [9.17, 15) is 9.59 Å². The average molecular weight is 339 g/mol. The highest BCUT2D eigenvalue weighted by Gasteiger charge is 2.38. The minimum absolute atomic E-state index is 0.0217. The zero-order chi connectivity index (χ0) is 15.4. The van der Waals surface area contributed by atoms with Crippen LogP contribution in [-0.4, -0.2) is 45.9 Å². The summed E-state index contributed by atoms with van der Waals surface area (Å²) in [6.45, 7) is 0.579. The Balaban J connectivity index is 1.50. The Morgan fingerprint density at radius 2 is 2.18 bits per heavy atom. The monoisotopic (exact) mass is 339 g/mol. The number of hydrogen-bond donors (Lipinski definition) is 1. The first-order chi connectivity index (χ1) is 10.8. The number of thioether (sulfide) groups is 1. The summed E-state index contributed by atoms with van der Waals surface area (Å²) in [5.74, 6) is 1.67. The zero-order valence-corrected chi connectivity index (χ0v) is 14.1. The summed E-state index contributed by atoms with van der Waals surface area (Å²) in [6, 6.07) is -0.298. The molecule has 1 aliphatic heterocycles. The minimum Gasteiger partial charge on any atom is -0.354 e. The lowest BCUT2D eigenvalue weighted by atomic mass is 10.1. The Morgan fingerprint density at radius 3 is 2.91 bits per heavy atom. The maximum absolute atomic E-state index is 12.5. The highest BCUT2D eigenvalue weighted by molar-refractivity contribution is 7.99. The maximum Gasteiger partial charge on any atom is 0.243 e. The van der Waals surface area contributed by atoms with Crippen molar-refractivity contribution in [1.29, 1.82) is 0 Å². The average Bonchev–Trinajstić information content (AvgIpc) is 3.26. The first-order valence-corrected chi connectivity index (χ1v) is 9.88. The van der Waals surface area contributed by atoms with E-state index in [-0.39, 0.29) is 23.8 Å². The number of thiazole rings is 1. The van der Waals surface area contributed by atoms with Crippen molar-refractivity contribution in [3.05, 3.63) is 16.6 Å². The lowest BCUT2D eigenvalue weighted by Gasteiger charge is -2.25. The van der Waals surface area contributed by atoms with Gasteiger partial charge < -0.3 is 10.2 Å². The van der Waals surface area contributed by atoms with Gasteiger partial charge in [0.1, 0.15) is 6.04 Å². The second kappa shape index (κ2) is 7.46. The third kappa shape index (κ3) is 3.63. The van der Waals surface area contributed by atoms with E-state index in [0.717, 1.165) is 37.8 Å². The van der Waals surface area contributed by atoms with E-state index in [1.807, 2.05) is 5.38 Å². The highest BCUT2D eigenvalue weighted by Crippen LogP contribution is 2.30. The molecule has 0 unspecified atom stereocenters. The minimum atomic E-state index is -0.298. The molecule has 1 saturated carbocycles. The summed E-state index contributed by atoms with van der Waals surface area (Å²) in [5, 5.41) is 4.95. The standard InChI is InChI=1S/C15H21N3O2S2/c19-14(16-6-5-12-7-21-9-17-12)13-8-22-10-18(13)15(20)11-3-1-2-4-11/h7,9,11,13H,1-6,8,10H2,(H,16,19)/t13-/m0/s1. The number of carbonyl (C=O) groups excluding carboxylic acids is 2. The van der Waals surface area contributed by atoms with Gasteiger partial charge in [0.15, 0.2) is 0 Å². The number of aromatic nitrogens is 1. The fourth-order valence-electron chi connectivity index (χ4n) is 3.08. The second-order valence-electron chi connectivity index (χ2n) is 5.83. The number of hydrogen-bond acceptors (Lipinski definition) is 5. The second-order valence-corrected chi connectivity index (χ2v) is 7.54. The van der Waals surface area contributed by atoms with Gasteiger partial charge in [-0.15, -0.1) is 23.1 Å². The van der Waals surface area contributed by atoms with Gasteiger partial charge in [0.2, 0.25) is 11.8 Å². The van der Waals surface area contributed by atoms with Crippen LogP contribution in [0.2, 0.25) is 0 Å². The van der Waals surface area contributed by atoms with Crippen LogP contribution in [0, 0.1) is 5.92 Å². The smallest absolute Gasteiger partial charge is 0.243 e.